The molecule has 1 atom stereocenters. The first-order valence-corrected chi connectivity index (χ1v) is 8.57. The highest BCUT2D eigenvalue weighted by Crippen LogP contribution is 2.33. The minimum absolute atomic E-state index is 0.000800. The van der Waals surface area contributed by atoms with Crippen LogP contribution in [0.25, 0.3) is 0 Å². The summed E-state index contributed by atoms with van der Waals surface area (Å²) in [5.41, 5.74) is 6.95. The van der Waals surface area contributed by atoms with Crippen LogP contribution < -0.4 is 15.8 Å². The lowest BCUT2D eigenvalue weighted by atomic mass is 10.1. The monoisotopic (exact) mass is 395 g/mol. The van der Waals surface area contributed by atoms with Crippen LogP contribution in [0.15, 0.2) is 23.1 Å². The van der Waals surface area contributed by atoms with E-state index in [1.165, 1.54) is 6.20 Å². The Hall–Kier alpha value is -1.93. The number of nitrogens with zero attached hydrogens (tertiary/aromatic N) is 3. The van der Waals surface area contributed by atoms with Gasteiger partial charge in [0.05, 0.1) is 18.8 Å². The number of hydrogen-bond donors (Lipinski definition) is 3. The van der Waals surface area contributed by atoms with Gasteiger partial charge >= 0.3 is 0 Å². The van der Waals surface area contributed by atoms with Gasteiger partial charge in [0.15, 0.2) is 11.6 Å². The Labute approximate surface area is 149 Å². The molecule has 8 heteroatoms. The first-order chi connectivity index (χ1) is 11.4. The standard InChI is InChI=1S/C16H22BrN5O2/c1-4-10(8-23)21-16-20-7-13(15(18)22-16)24-12-5-14(17)19-6-11(12)9(2)3/h5-7,9-10,23H,4,8H2,1-3H3,(H3,18,20,21,22). The van der Waals surface area contributed by atoms with Crippen molar-refractivity contribution >= 4 is 27.7 Å². The normalized spacial score (nSPS) is 12.2. The molecule has 0 aromatic carbocycles. The number of pyridine rings is 1. The first kappa shape index (κ1) is 18.4. The molecule has 2 rings (SSSR count). The number of halogens is 1. The molecule has 2 aromatic heterocycles. The van der Waals surface area contributed by atoms with Gasteiger partial charge in [0.1, 0.15) is 10.4 Å². The molecule has 0 bridgehead atoms. The van der Waals surface area contributed by atoms with Crippen LogP contribution >= 0.6 is 15.9 Å². The molecule has 0 aliphatic rings. The van der Waals surface area contributed by atoms with Crippen molar-refractivity contribution < 1.29 is 9.84 Å². The van der Waals surface area contributed by atoms with E-state index in [1.54, 1.807) is 12.3 Å². The van der Waals surface area contributed by atoms with E-state index < -0.39 is 0 Å². The van der Waals surface area contributed by atoms with Crippen molar-refractivity contribution in [3.63, 3.8) is 0 Å². The number of hydrogen-bond acceptors (Lipinski definition) is 7. The maximum Gasteiger partial charge on any atom is 0.225 e. The smallest absolute Gasteiger partial charge is 0.225 e. The Balaban J connectivity index is 2.24. The van der Waals surface area contributed by atoms with E-state index >= 15 is 0 Å². The summed E-state index contributed by atoms with van der Waals surface area (Å²) in [7, 11) is 0. The molecular weight excluding hydrogens is 374 g/mol. The molecule has 0 fully saturated rings. The third kappa shape index (κ3) is 4.55. The molecule has 0 aliphatic carbocycles. The predicted octanol–water partition coefficient (Wildman–Crippen LogP) is 3.31. The van der Waals surface area contributed by atoms with Gasteiger partial charge < -0.3 is 20.9 Å². The second-order valence-electron chi connectivity index (χ2n) is 5.68. The number of aliphatic hydroxyl groups excluding tert-OH is 1. The number of aliphatic hydroxyl groups is 1. The number of aromatic nitrogens is 3. The van der Waals surface area contributed by atoms with Gasteiger partial charge in [-0.15, -0.1) is 0 Å². The van der Waals surface area contributed by atoms with Crippen molar-refractivity contribution in [3.8, 4) is 11.5 Å². The van der Waals surface area contributed by atoms with Crippen LogP contribution in [0.1, 0.15) is 38.7 Å². The molecule has 0 amide bonds. The molecule has 0 saturated carbocycles. The number of rotatable bonds is 7. The van der Waals surface area contributed by atoms with E-state index in [2.05, 4.69) is 50.0 Å². The molecule has 1 unspecified atom stereocenters. The molecule has 0 radical (unpaired) electrons. The molecule has 4 N–H and O–H groups in total. The Morgan fingerprint density at radius 2 is 2.04 bits per heavy atom. The first-order valence-electron chi connectivity index (χ1n) is 7.77. The minimum Gasteiger partial charge on any atom is -0.451 e. The zero-order valence-corrected chi connectivity index (χ0v) is 15.5. The maximum atomic E-state index is 9.23. The van der Waals surface area contributed by atoms with Crippen molar-refractivity contribution in [2.45, 2.75) is 39.2 Å². The SMILES string of the molecule is CCC(CO)Nc1ncc(Oc2cc(Br)ncc2C(C)C)c(N)n1. The fourth-order valence-corrected chi connectivity index (χ4v) is 2.37. The summed E-state index contributed by atoms with van der Waals surface area (Å²) in [6, 6.07) is 1.68. The van der Waals surface area contributed by atoms with Crippen LogP contribution in [-0.4, -0.2) is 32.7 Å². The van der Waals surface area contributed by atoms with E-state index in [4.69, 9.17) is 10.5 Å². The number of nitrogens with one attached hydrogen (secondary N) is 1. The van der Waals surface area contributed by atoms with Crippen molar-refractivity contribution in [1.29, 1.82) is 0 Å². The van der Waals surface area contributed by atoms with Gasteiger partial charge in [-0.05, 0) is 28.3 Å². The van der Waals surface area contributed by atoms with Gasteiger partial charge in [0.25, 0.3) is 0 Å². The van der Waals surface area contributed by atoms with E-state index in [0.29, 0.717) is 22.1 Å². The molecule has 0 aliphatic heterocycles. The summed E-state index contributed by atoms with van der Waals surface area (Å²) in [5, 5.41) is 12.3. The molecule has 2 aromatic rings. The predicted molar refractivity (Wildman–Crippen MR) is 97.3 cm³/mol. The fourth-order valence-electron chi connectivity index (χ4n) is 2.06. The van der Waals surface area contributed by atoms with Gasteiger partial charge in [0, 0.05) is 17.8 Å². The van der Waals surface area contributed by atoms with Gasteiger partial charge in [-0.3, -0.25) is 0 Å². The van der Waals surface area contributed by atoms with Crippen LogP contribution in [0.3, 0.4) is 0 Å². The lowest BCUT2D eigenvalue weighted by Gasteiger charge is -2.16. The summed E-state index contributed by atoms with van der Waals surface area (Å²) < 4.78 is 6.57. The van der Waals surface area contributed by atoms with Gasteiger partial charge in [0.2, 0.25) is 5.95 Å². The maximum absolute atomic E-state index is 9.23. The Morgan fingerprint density at radius 1 is 1.29 bits per heavy atom. The quantitative estimate of drug-likeness (QED) is 0.617. The number of nitrogen functional groups attached to an aromatic ring is 1. The number of ether oxygens (including phenoxy) is 1. The molecular formula is C16H22BrN5O2. The van der Waals surface area contributed by atoms with Crippen molar-refractivity contribution in [2.24, 2.45) is 0 Å². The zero-order valence-electron chi connectivity index (χ0n) is 14.0. The molecule has 2 heterocycles. The van der Waals surface area contributed by atoms with Gasteiger partial charge in [-0.1, -0.05) is 20.8 Å². The van der Waals surface area contributed by atoms with Crippen LogP contribution in [0.4, 0.5) is 11.8 Å². The summed E-state index contributed by atoms with van der Waals surface area (Å²) in [5.74, 6) is 1.87. The molecule has 0 saturated heterocycles. The molecule has 130 valence electrons. The molecule has 7 nitrogen and oxygen atoms in total. The second kappa shape index (κ2) is 8.25. The fraction of sp³-hybridized carbons (Fsp3) is 0.438. The largest absolute Gasteiger partial charge is 0.451 e. The van der Waals surface area contributed by atoms with Gasteiger partial charge in [-0.2, -0.15) is 4.98 Å². The van der Waals surface area contributed by atoms with Gasteiger partial charge in [-0.25, -0.2) is 9.97 Å². The van der Waals surface area contributed by atoms with Crippen molar-refractivity contribution in [3.05, 3.63) is 28.6 Å². The highest BCUT2D eigenvalue weighted by molar-refractivity contribution is 9.10. The van der Waals surface area contributed by atoms with Crippen molar-refractivity contribution in [2.75, 3.05) is 17.7 Å². The lowest BCUT2D eigenvalue weighted by molar-refractivity contribution is 0.271. The highest BCUT2D eigenvalue weighted by atomic mass is 79.9. The van der Waals surface area contributed by atoms with Crippen LogP contribution in [0, 0.1) is 0 Å². The average Bonchev–Trinajstić information content (AvgIpc) is 2.54. The number of anilines is 2. The van der Waals surface area contributed by atoms with Crippen LogP contribution in [-0.2, 0) is 0 Å². The second-order valence-corrected chi connectivity index (χ2v) is 6.49. The Morgan fingerprint density at radius 3 is 2.62 bits per heavy atom. The zero-order chi connectivity index (χ0) is 17.7. The number of nitrogens with two attached hydrogens (primary N) is 1. The summed E-state index contributed by atoms with van der Waals surface area (Å²) in [6.45, 7) is 6.08. The van der Waals surface area contributed by atoms with Crippen LogP contribution in [0.2, 0.25) is 0 Å². The van der Waals surface area contributed by atoms with E-state index in [-0.39, 0.29) is 24.4 Å². The Kier molecular flexibility index (Phi) is 6.33. The summed E-state index contributed by atoms with van der Waals surface area (Å²) in [6.07, 6.45) is 4.04. The average molecular weight is 396 g/mol. The molecule has 24 heavy (non-hydrogen) atoms. The minimum atomic E-state index is -0.111. The van der Waals surface area contributed by atoms with E-state index in [0.717, 1.165) is 12.0 Å². The molecule has 0 spiro atoms. The van der Waals surface area contributed by atoms with Crippen molar-refractivity contribution in [1.82, 2.24) is 15.0 Å². The summed E-state index contributed by atoms with van der Waals surface area (Å²) in [4.78, 5) is 12.6. The highest BCUT2D eigenvalue weighted by Gasteiger charge is 2.14. The van der Waals surface area contributed by atoms with E-state index in [1.807, 2.05) is 6.92 Å². The van der Waals surface area contributed by atoms with E-state index in [9.17, 15) is 5.11 Å². The topological polar surface area (TPSA) is 106 Å². The third-order valence-electron chi connectivity index (χ3n) is 3.53. The van der Waals surface area contributed by atoms with Crippen LogP contribution in [0.5, 0.6) is 11.5 Å². The Bertz CT molecular complexity index is 692. The lowest BCUT2D eigenvalue weighted by Crippen LogP contribution is -2.24. The third-order valence-corrected chi connectivity index (χ3v) is 3.97. The summed E-state index contributed by atoms with van der Waals surface area (Å²) >= 11 is 3.34.